The van der Waals surface area contributed by atoms with Gasteiger partial charge in [0, 0.05) is 11.6 Å². The van der Waals surface area contributed by atoms with Gasteiger partial charge in [0.1, 0.15) is 24.7 Å². The van der Waals surface area contributed by atoms with Crippen LogP contribution in [-0.4, -0.2) is 35.4 Å². The number of methoxy groups -OCH3 is 1. The molecule has 0 radical (unpaired) electrons. The zero-order chi connectivity index (χ0) is 22.1. The molecular formula is C22H19N3O6S. The molecule has 2 unspecified atom stereocenters. The van der Waals surface area contributed by atoms with E-state index in [0.717, 1.165) is 5.56 Å². The number of pyridine rings is 1. The molecule has 3 aromatic rings. The number of carbonyl (C=O) groups is 1. The Morgan fingerprint density at radius 2 is 1.94 bits per heavy atom. The molecular weight excluding hydrogens is 434 g/mol. The Bertz CT molecular complexity index is 1170. The normalized spacial score (nSPS) is 19.2. The zero-order valence-electron chi connectivity index (χ0n) is 17.0. The van der Waals surface area contributed by atoms with Gasteiger partial charge in [-0.05, 0) is 36.4 Å². The van der Waals surface area contributed by atoms with Crippen molar-refractivity contribution in [2.24, 2.45) is 0 Å². The summed E-state index contributed by atoms with van der Waals surface area (Å²) >= 11 is -1.56. The maximum absolute atomic E-state index is 11.9. The van der Waals surface area contributed by atoms with Gasteiger partial charge in [-0.25, -0.2) is 9.19 Å². The van der Waals surface area contributed by atoms with Crippen LogP contribution in [-0.2, 0) is 16.0 Å². The Hall–Kier alpha value is -3.79. The molecule has 164 valence electrons. The van der Waals surface area contributed by atoms with Gasteiger partial charge in [-0.3, -0.25) is 13.8 Å². The minimum Gasteiger partial charge on any atom is -0.485 e. The Morgan fingerprint density at radius 3 is 2.62 bits per heavy atom. The topological polar surface area (TPSA) is 99.2 Å². The number of anilines is 1. The molecule has 5 rings (SSSR count). The highest BCUT2D eigenvalue weighted by molar-refractivity contribution is 7.85. The average molecular weight is 453 g/mol. The summed E-state index contributed by atoms with van der Waals surface area (Å²) in [7, 11) is 1.56. The van der Waals surface area contributed by atoms with Crippen molar-refractivity contribution in [3.05, 3.63) is 66.4 Å². The smallest absolute Gasteiger partial charge is 0.253 e. The number of amides is 1. The number of benzene rings is 2. The van der Waals surface area contributed by atoms with Gasteiger partial charge in [0.05, 0.1) is 19.0 Å². The standard InChI is InChI=1S/C22H19N3O6S/c1-28-21-10-9-16(11-23-21)31-18-4-2-3-17-19(13-29-22(17)18)30-15-7-5-14(6-8-15)25-12-20(26)24-32(25)27/h2-11,19H,12-13H2,1H3,(H,24,26). The lowest BCUT2D eigenvalue weighted by atomic mass is 10.1. The third-order valence-corrected chi connectivity index (χ3v) is 6.12. The lowest BCUT2D eigenvalue weighted by Gasteiger charge is -2.16. The van der Waals surface area contributed by atoms with Gasteiger partial charge >= 0.3 is 0 Å². The molecule has 1 aromatic heterocycles. The number of fused-ring (bicyclic) bond motifs is 1. The first-order valence-electron chi connectivity index (χ1n) is 9.80. The zero-order valence-corrected chi connectivity index (χ0v) is 17.8. The number of para-hydroxylation sites is 1. The summed E-state index contributed by atoms with van der Waals surface area (Å²) < 4.78 is 38.8. The predicted octanol–water partition coefficient (Wildman–Crippen LogP) is 2.91. The van der Waals surface area contributed by atoms with Gasteiger partial charge in [0.15, 0.2) is 17.6 Å². The van der Waals surface area contributed by atoms with E-state index >= 15 is 0 Å². The van der Waals surface area contributed by atoms with Crippen molar-refractivity contribution in [1.82, 2.24) is 9.71 Å². The average Bonchev–Trinajstić information content (AvgIpc) is 3.38. The van der Waals surface area contributed by atoms with E-state index in [1.54, 1.807) is 49.7 Å². The van der Waals surface area contributed by atoms with Crippen LogP contribution in [0.2, 0.25) is 0 Å². The summed E-state index contributed by atoms with van der Waals surface area (Å²) in [6.07, 6.45) is 1.27. The molecule has 0 bridgehead atoms. The Labute approximate surface area is 186 Å². The fraction of sp³-hybridized carbons (Fsp3) is 0.182. The molecule has 2 atom stereocenters. The molecule has 2 aliphatic heterocycles. The Kier molecular flexibility index (Phi) is 5.28. The quantitative estimate of drug-likeness (QED) is 0.613. The van der Waals surface area contributed by atoms with Crippen molar-refractivity contribution in [3.8, 4) is 28.9 Å². The SMILES string of the molecule is COc1ccc(Oc2cccc3c2OCC3Oc2ccc(N3CC(=O)NS3=O)cc2)cn1. The molecule has 0 aliphatic carbocycles. The summed E-state index contributed by atoms with van der Waals surface area (Å²) in [6.45, 7) is 0.399. The predicted molar refractivity (Wildman–Crippen MR) is 116 cm³/mol. The summed E-state index contributed by atoms with van der Waals surface area (Å²) in [5.41, 5.74) is 1.55. The molecule has 10 heteroatoms. The molecule has 3 heterocycles. The van der Waals surface area contributed by atoms with Crippen LogP contribution in [0.5, 0.6) is 28.9 Å². The minimum absolute atomic E-state index is 0.0587. The first-order valence-corrected chi connectivity index (χ1v) is 10.9. The van der Waals surface area contributed by atoms with Crippen LogP contribution in [0.3, 0.4) is 0 Å². The minimum atomic E-state index is -1.56. The monoisotopic (exact) mass is 453 g/mol. The van der Waals surface area contributed by atoms with Crippen molar-refractivity contribution >= 4 is 22.8 Å². The van der Waals surface area contributed by atoms with Crippen molar-refractivity contribution in [3.63, 3.8) is 0 Å². The first kappa shape index (κ1) is 20.1. The number of nitrogens with one attached hydrogen (secondary N) is 1. The van der Waals surface area contributed by atoms with Crippen LogP contribution in [0.1, 0.15) is 11.7 Å². The highest BCUT2D eigenvalue weighted by Gasteiger charge is 2.30. The molecule has 2 aromatic carbocycles. The fourth-order valence-electron chi connectivity index (χ4n) is 3.46. The first-order chi connectivity index (χ1) is 15.6. The van der Waals surface area contributed by atoms with Gasteiger partial charge in [-0.1, -0.05) is 12.1 Å². The number of hydrogen-bond donors (Lipinski definition) is 1. The maximum atomic E-state index is 11.9. The van der Waals surface area contributed by atoms with E-state index < -0.39 is 11.2 Å². The summed E-state index contributed by atoms with van der Waals surface area (Å²) in [6, 6.07) is 16.2. The molecule has 2 aliphatic rings. The molecule has 0 saturated carbocycles. The number of ether oxygens (including phenoxy) is 4. The van der Waals surface area contributed by atoms with Crippen LogP contribution < -0.4 is 28.0 Å². The molecule has 32 heavy (non-hydrogen) atoms. The van der Waals surface area contributed by atoms with E-state index in [1.807, 2.05) is 18.2 Å². The lowest BCUT2D eigenvalue weighted by Crippen LogP contribution is -2.22. The third-order valence-electron chi connectivity index (χ3n) is 4.97. The van der Waals surface area contributed by atoms with Crippen molar-refractivity contribution in [1.29, 1.82) is 0 Å². The molecule has 1 saturated heterocycles. The van der Waals surface area contributed by atoms with E-state index in [4.69, 9.17) is 18.9 Å². The molecule has 1 amide bonds. The molecule has 9 nitrogen and oxygen atoms in total. The van der Waals surface area contributed by atoms with Gasteiger partial charge in [-0.15, -0.1) is 0 Å². The summed E-state index contributed by atoms with van der Waals surface area (Å²) in [5, 5.41) is 0. The van der Waals surface area contributed by atoms with E-state index in [-0.39, 0.29) is 18.6 Å². The Morgan fingerprint density at radius 1 is 1.12 bits per heavy atom. The van der Waals surface area contributed by atoms with Crippen LogP contribution in [0, 0.1) is 0 Å². The Balaban J connectivity index is 1.30. The lowest BCUT2D eigenvalue weighted by molar-refractivity contribution is -0.117. The van der Waals surface area contributed by atoms with Gasteiger partial charge in [0.2, 0.25) is 17.1 Å². The van der Waals surface area contributed by atoms with Gasteiger partial charge in [-0.2, -0.15) is 0 Å². The number of rotatable bonds is 6. The number of nitrogens with zero attached hydrogens (tertiary/aromatic N) is 2. The maximum Gasteiger partial charge on any atom is 0.253 e. The van der Waals surface area contributed by atoms with Gasteiger partial charge < -0.3 is 18.9 Å². The number of carbonyl (C=O) groups excluding carboxylic acids is 1. The van der Waals surface area contributed by atoms with Crippen molar-refractivity contribution in [2.75, 3.05) is 24.6 Å². The van der Waals surface area contributed by atoms with Crippen LogP contribution >= 0.6 is 0 Å². The highest BCUT2D eigenvalue weighted by Crippen LogP contribution is 2.43. The summed E-state index contributed by atoms with van der Waals surface area (Å²) in [4.78, 5) is 15.6. The third kappa shape index (κ3) is 3.92. The van der Waals surface area contributed by atoms with Crippen LogP contribution in [0.4, 0.5) is 5.69 Å². The number of aromatic nitrogens is 1. The second kappa shape index (κ2) is 8.39. The van der Waals surface area contributed by atoms with E-state index in [2.05, 4.69) is 9.71 Å². The second-order valence-corrected chi connectivity index (χ2v) is 8.18. The van der Waals surface area contributed by atoms with Crippen molar-refractivity contribution < 1.29 is 28.0 Å². The molecule has 0 spiro atoms. The van der Waals surface area contributed by atoms with Crippen molar-refractivity contribution in [2.45, 2.75) is 6.10 Å². The van der Waals surface area contributed by atoms with E-state index in [9.17, 15) is 9.00 Å². The largest absolute Gasteiger partial charge is 0.485 e. The van der Waals surface area contributed by atoms with Crippen LogP contribution in [0.15, 0.2) is 60.8 Å². The van der Waals surface area contributed by atoms with E-state index in [1.165, 1.54) is 4.31 Å². The van der Waals surface area contributed by atoms with E-state index in [0.29, 0.717) is 41.2 Å². The number of hydrogen-bond acceptors (Lipinski definition) is 7. The fourth-order valence-corrected chi connectivity index (χ4v) is 4.38. The summed E-state index contributed by atoms with van der Waals surface area (Å²) in [5.74, 6) is 2.63. The van der Waals surface area contributed by atoms with Gasteiger partial charge in [0.25, 0.3) is 5.91 Å². The van der Waals surface area contributed by atoms with Crippen LogP contribution in [0.25, 0.3) is 0 Å². The molecule has 1 fully saturated rings. The second-order valence-electron chi connectivity index (χ2n) is 7.04. The molecule has 1 N–H and O–H groups in total. The highest BCUT2D eigenvalue weighted by atomic mass is 32.2.